The van der Waals surface area contributed by atoms with Crippen molar-refractivity contribution in [1.29, 1.82) is 0 Å². The second-order valence-electron chi connectivity index (χ2n) is 7.00. The summed E-state index contributed by atoms with van der Waals surface area (Å²) in [5.41, 5.74) is 1.69. The minimum atomic E-state index is -1.18. The molecule has 0 radical (unpaired) electrons. The van der Waals surface area contributed by atoms with Crippen molar-refractivity contribution in [3.8, 4) is 11.3 Å². The summed E-state index contributed by atoms with van der Waals surface area (Å²) in [7, 11) is 1.77. The van der Waals surface area contributed by atoms with Crippen molar-refractivity contribution in [1.82, 2.24) is 9.55 Å². The zero-order valence-corrected chi connectivity index (χ0v) is 16.6. The molecule has 0 unspecified atom stereocenters. The predicted molar refractivity (Wildman–Crippen MR) is 109 cm³/mol. The van der Waals surface area contributed by atoms with Gasteiger partial charge in [0.2, 0.25) is 11.5 Å². The van der Waals surface area contributed by atoms with Gasteiger partial charge in [0.1, 0.15) is 5.82 Å². The number of benzene rings is 2. The van der Waals surface area contributed by atoms with Gasteiger partial charge in [0.05, 0.1) is 17.6 Å². The lowest BCUT2D eigenvalue weighted by molar-refractivity contribution is -0.136. The number of nitrogens with one attached hydrogen (secondary N) is 1. The van der Waals surface area contributed by atoms with Crippen LogP contribution in [0.3, 0.4) is 0 Å². The molecule has 8 heteroatoms. The maximum Gasteiger partial charge on any atom is 0.273 e. The van der Waals surface area contributed by atoms with Gasteiger partial charge in [0.25, 0.3) is 5.91 Å². The molecule has 1 aromatic heterocycles. The highest BCUT2D eigenvalue weighted by Gasteiger charge is 2.43. The number of hydrogen-bond acceptors (Lipinski definition) is 4. The summed E-state index contributed by atoms with van der Waals surface area (Å²) in [6, 6.07) is 13.3. The van der Waals surface area contributed by atoms with E-state index in [0.717, 1.165) is 16.8 Å². The van der Waals surface area contributed by atoms with Gasteiger partial charge < -0.3 is 9.40 Å². The van der Waals surface area contributed by atoms with Gasteiger partial charge in [0, 0.05) is 29.6 Å². The third-order valence-electron chi connectivity index (χ3n) is 4.88. The highest BCUT2D eigenvalue weighted by Crippen LogP contribution is 2.31. The molecule has 1 aliphatic rings. The van der Waals surface area contributed by atoms with Crippen LogP contribution in [0.25, 0.3) is 11.3 Å². The van der Waals surface area contributed by atoms with Crippen LogP contribution in [0.15, 0.2) is 59.9 Å². The minimum absolute atomic E-state index is 0.276. The lowest BCUT2D eigenvalue weighted by Crippen LogP contribution is -2.41. The summed E-state index contributed by atoms with van der Waals surface area (Å²) < 4.78 is 14.9. The number of anilines is 1. The van der Waals surface area contributed by atoms with Gasteiger partial charge in [-0.05, 0) is 37.3 Å². The Morgan fingerprint density at radius 2 is 1.97 bits per heavy atom. The van der Waals surface area contributed by atoms with E-state index in [1.165, 1.54) is 12.1 Å². The van der Waals surface area contributed by atoms with Crippen LogP contribution in [-0.4, -0.2) is 26.8 Å². The maximum atomic E-state index is 13.2. The molecule has 4 rings (SSSR count). The Morgan fingerprint density at radius 3 is 2.69 bits per heavy atom. The molecule has 0 bridgehead atoms. The van der Waals surface area contributed by atoms with Gasteiger partial charge >= 0.3 is 0 Å². The van der Waals surface area contributed by atoms with E-state index in [2.05, 4.69) is 15.5 Å². The summed E-state index contributed by atoms with van der Waals surface area (Å²) in [5, 5.41) is 7.41. The van der Waals surface area contributed by atoms with E-state index in [1.54, 1.807) is 42.9 Å². The minimum Gasteiger partial charge on any atom is -0.379 e. The Balaban J connectivity index is 1.50. The quantitative estimate of drug-likeness (QED) is 0.690. The lowest BCUT2D eigenvalue weighted by atomic mass is 9.95. The molecule has 0 saturated heterocycles. The van der Waals surface area contributed by atoms with E-state index >= 15 is 0 Å². The summed E-state index contributed by atoms with van der Waals surface area (Å²) >= 11 is 6.22. The van der Waals surface area contributed by atoms with E-state index < -0.39 is 5.60 Å². The fourth-order valence-electron chi connectivity index (χ4n) is 3.15. The number of nitrogens with zero attached hydrogens (tertiary/aromatic N) is 3. The SMILES string of the molecule is Cn1c(-c2ccc(F)cc2)cnc1NC(=O)[C@]1(C)CC(c2ccccc2Cl)=NO1. The first-order valence-electron chi connectivity index (χ1n) is 8.96. The number of rotatable bonds is 4. The Labute approximate surface area is 172 Å². The van der Waals surface area contributed by atoms with Gasteiger partial charge in [0.15, 0.2) is 0 Å². The standard InChI is InChI=1S/C21H18ClFN4O2/c1-21(11-17(26-29-21)15-5-3-4-6-16(15)22)19(28)25-20-24-12-18(27(20)2)13-7-9-14(23)10-8-13/h3-10,12H,11H2,1-2H3,(H,24,25,28)/t21-/m0/s1. The average Bonchev–Trinajstić information content (AvgIpc) is 3.27. The van der Waals surface area contributed by atoms with Crippen LogP contribution in [0.1, 0.15) is 18.9 Å². The molecule has 0 aliphatic carbocycles. The van der Waals surface area contributed by atoms with Crippen molar-refractivity contribution in [3.63, 3.8) is 0 Å². The molecule has 3 aromatic rings. The molecular weight excluding hydrogens is 395 g/mol. The maximum absolute atomic E-state index is 13.2. The predicted octanol–water partition coefficient (Wildman–Crippen LogP) is 4.40. The van der Waals surface area contributed by atoms with Gasteiger partial charge in [-0.3, -0.25) is 10.1 Å². The molecular formula is C21H18ClFN4O2. The molecule has 29 heavy (non-hydrogen) atoms. The number of amides is 1. The number of carbonyl (C=O) groups excluding carboxylic acids is 1. The smallest absolute Gasteiger partial charge is 0.273 e. The lowest BCUT2D eigenvalue weighted by Gasteiger charge is -2.20. The highest BCUT2D eigenvalue weighted by molar-refractivity contribution is 6.34. The van der Waals surface area contributed by atoms with Crippen molar-refractivity contribution in [3.05, 3.63) is 71.1 Å². The molecule has 148 valence electrons. The monoisotopic (exact) mass is 412 g/mol. The first-order chi connectivity index (χ1) is 13.9. The molecule has 1 atom stereocenters. The Bertz CT molecular complexity index is 1110. The summed E-state index contributed by atoms with van der Waals surface area (Å²) in [5.74, 6) is -0.335. The average molecular weight is 413 g/mol. The number of aromatic nitrogens is 2. The molecule has 2 heterocycles. The number of imidazole rings is 1. The van der Waals surface area contributed by atoms with E-state index in [1.807, 2.05) is 18.2 Å². The Morgan fingerprint density at radius 1 is 1.24 bits per heavy atom. The molecule has 0 spiro atoms. The topological polar surface area (TPSA) is 68.5 Å². The number of oxime groups is 1. The number of carbonyl (C=O) groups is 1. The Hall–Kier alpha value is -3.19. The second-order valence-corrected chi connectivity index (χ2v) is 7.41. The van der Waals surface area contributed by atoms with Gasteiger partial charge in [-0.1, -0.05) is 35.0 Å². The molecule has 1 amide bonds. The summed E-state index contributed by atoms with van der Waals surface area (Å²) in [6.45, 7) is 1.67. The number of halogens is 2. The van der Waals surface area contributed by atoms with Crippen LogP contribution in [0.2, 0.25) is 5.02 Å². The fraction of sp³-hybridized carbons (Fsp3) is 0.190. The van der Waals surface area contributed by atoms with E-state index in [9.17, 15) is 9.18 Å². The molecule has 2 aromatic carbocycles. The van der Waals surface area contributed by atoms with Crippen molar-refractivity contribution in [2.45, 2.75) is 18.9 Å². The normalized spacial score (nSPS) is 18.3. The van der Waals surface area contributed by atoms with Gasteiger partial charge in [-0.25, -0.2) is 9.37 Å². The Kier molecular flexibility index (Phi) is 4.84. The van der Waals surface area contributed by atoms with Crippen LogP contribution in [0.4, 0.5) is 10.3 Å². The van der Waals surface area contributed by atoms with E-state index in [0.29, 0.717) is 16.7 Å². The largest absolute Gasteiger partial charge is 0.379 e. The third-order valence-corrected chi connectivity index (χ3v) is 5.21. The third kappa shape index (κ3) is 3.61. The number of hydrogen-bond donors (Lipinski definition) is 1. The summed E-state index contributed by atoms with van der Waals surface area (Å²) in [4.78, 5) is 22.6. The van der Waals surface area contributed by atoms with Crippen LogP contribution < -0.4 is 5.32 Å². The highest BCUT2D eigenvalue weighted by atomic mass is 35.5. The van der Waals surface area contributed by atoms with Crippen LogP contribution in [0, 0.1) is 5.82 Å². The van der Waals surface area contributed by atoms with Crippen molar-refractivity contribution < 1.29 is 14.0 Å². The second kappa shape index (κ2) is 7.33. The van der Waals surface area contributed by atoms with Gasteiger partial charge in [-0.15, -0.1) is 0 Å². The summed E-state index contributed by atoms with van der Waals surface area (Å²) in [6.07, 6.45) is 1.89. The first-order valence-corrected chi connectivity index (χ1v) is 9.34. The van der Waals surface area contributed by atoms with Gasteiger partial charge in [-0.2, -0.15) is 0 Å². The zero-order chi connectivity index (χ0) is 20.6. The first kappa shape index (κ1) is 19.1. The fourth-order valence-corrected chi connectivity index (χ4v) is 3.39. The molecule has 0 saturated carbocycles. The van der Waals surface area contributed by atoms with Crippen molar-refractivity contribution in [2.24, 2.45) is 12.2 Å². The van der Waals surface area contributed by atoms with E-state index in [-0.39, 0.29) is 18.1 Å². The molecule has 1 aliphatic heterocycles. The van der Waals surface area contributed by atoms with Crippen molar-refractivity contribution in [2.75, 3.05) is 5.32 Å². The molecule has 1 N–H and O–H groups in total. The molecule has 0 fully saturated rings. The van der Waals surface area contributed by atoms with E-state index in [4.69, 9.17) is 16.4 Å². The molecule has 6 nitrogen and oxygen atoms in total. The van der Waals surface area contributed by atoms with Crippen LogP contribution in [-0.2, 0) is 16.7 Å². The van der Waals surface area contributed by atoms with Crippen LogP contribution >= 0.6 is 11.6 Å². The van der Waals surface area contributed by atoms with Crippen molar-refractivity contribution >= 4 is 29.2 Å². The zero-order valence-electron chi connectivity index (χ0n) is 15.8. The van der Waals surface area contributed by atoms with Crippen LogP contribution in [0.5, 0.6) is 0 Å².